The first-order chi connectivity index (χ1) is 10.0. The van der Waals surface area contributed by atoms with Gasteiger partial charge < -0.3 is 15.0 Å². The second kappa shape index (κ2) is 6.58. The Kier molecular flexibility index (Phi) is 5.00. The van der Waals surface area contributed by atoms with Gasteiger partial charge in [0, 0.05) is 6.54 Å². The number of aromatic nitrogens is 2. The number of ether oxygens (including phenoxy) is 1. The van der Waals surface area contributed by atoms with E-state index in [0.29, 0.717) is 18.0 Å². The van der Waals surface area contributed by atoms with Crippen LogP contribution in [-0.2, 0) is 6.54 Å². The van der Waals surface area contributed by atoms with E-state index in [1.807, 2.05) is 14.1 Å². The zero-order valence-corrected chi connectivity index (χ0v) is 13.5. The minimum Gasteiger partial charge on any atom is -0.493 e. The van der Waals surface area contributed by atoms with Gasteiger partial charge >= 0.3 is 0 Å². The number of carbonyl (C=O) groups is 1. The Morgan fingerprint density at radius 2 is 2.33 bits per heavy atom. The molecule has 1 aromatic rings. The quantitative estimate of drug-likeness (QED) is 0.765. The predicted octanol–water partition coefficient (Wildman–Crippen LogP) is 1.17. The molecule has 1 atom stereocenters. The van der Waals surface area contributed by atoms with E-state index in [1.54, 1.807) is 18.0 Å². The van der Waals surface area contributed by atoms with Crippen LogP contribution >= 0.6 is 0 Å². The molecule has 0 aromatic carbocycles. The molecule has 0 radical (unpaired) electrons. The zero-order valence-electron chi connectivity index (χ0n) is 13.5. The van der Waals surface area contributed by atoms with Crippen molar-refractivity contribution in [2.45, 2.75) is 38.3 Å². The fraction of sp³-hybridized carbons (Fsp3) is 0.733. The van der Waals surface area contributed by atoms with Gasteiger partial charge in [-0.1, -0.05) is 6.92 Å². The van der Waals surface area contributed by atoms with Gasteiger partial charge in [0.05, 0.1) is 25.4 Å². The fourth-order valence-electron chi connectivity index (χ4n) is 2.90. The van der Waals surface area contributed by atoms with Crippen LogP contribution in [0.1, 0.15) is 36.7 Å². The molecular formula is C15H26N4O2. The van der Waals surface area contributed by atoms with E-state index >= 15 is 0 Å². The maximum Gasteiger partial charge on any atom is 0.204 e. The van der Waals surface area contributed by atoms with Crippen molar-refractivity contribution in [1.29, 1.82) is 0 Å². The van der Waals surface area contributed by atoms with Crippen molar-refractivity contribution in [1.82, 2.24) is 20.0 Å². The van der Waals surface area contributed by atoms with Gasteiger partial charge in [-0.15, -0.1) is 0 Å². The smallest absolute Gasteiger partial charge is 0.204 e. The van der Waals surface area contributed by atoms with Gasteiger partial charge in [-0.3, -0.25) is 9.48 Å². The standard InChI is InChI=1S/C15H26N4O2/c1-5-15(7-6-8-16-15)14(20)13-12(21-4)11-17-19(13)10-9-18(2)3/h11,16H,5-10H2,1-4H3. The molecule has 1 unspecified atom stereocenters. The van der Waals surface area contributed by atoms with E-state index in [4.69, 9.17) is 4.74 Å². The Morgan fingerprint density at radius 3 is 2.86 bits per heavy atom. The van der Waals surface area contributed by atoms with Crippen LogP contribution in [0.15, 0.2) is 6.20 Å². The zero-order chi connectivity index (χ0) is 15.5. The van der Waals surface area contributed by atoms with Gasteiger partial charge in [0.15, 0.2) is 5.75 Å². The number of ketones is 1. The van der Waals surface area contributed by atoms with Gasteiger partial charge in [-0.2, -0.15) is 5.10 Å². The molecule has 0 saturated carbocycles. The number of hydrogen-bond acceptors (Lipinski definition) is 5. The van der Waals surface area contributed by atoms with Crippen molar-refractivity contribution in [3.8, 4) is 5.75 Å². The van der Waals surface area contributed by atoms with Crippen LogP contribution in [0, 0.1) is 0 Å². The molecule has 6 heteroatoms. The third kappa shape index (κ3) is 3.11. The molecule has 21 heavy (non-hydrogen) atoms. The Morgan fingerprint density at radius 1 is 1.57 bits per heavy atom. The van der Waals surface area contributed by atoms with Gasteiger partial charge in [0.25, 0.3) is 0 Å². The van der Waals surface area contributed by atoms with Crippen LogP contribution in [0.3, 0.4) is 0 Å². The van der Waals surface area contributed by atoms with E-state index in [-0.39, 0.29) is 5.78 Å². The lowest BCUT2D eigenvalue weighted by Gasteiger charge is -2.27. The number of likely N-dealkylation sites (N-methyl/N-ethyl adjacent to an activating group) is 1. The van der Waals surface area contributed by atoms with Gasteiger partial charge in [-0.25, -0.2) is 0 Å². The van der Waals surface area contributed by atoms with E-state index in [0.717, 1.165) is 32.4 Å². The highest BCUT2D eigenvalue weighted by atomic mass is 16.5. The summed E-state index contributed by atoms with van der Waals surface area (Å²) in [5.41, 5.74) is 0.138. The number of rotatable bonds is 7. The summed E-state index contributed by atoms with van der Waals surface area (Å²) in [7, 11) is 5.60. The van der Waals surface area contributed by atoms with Crippen LogP contribution in [0.25, 0.3) is 0 Å². The molecule has 2 heterocycles. The minimum absolute atomic E-state index is 0.107. The highest BCUT2D eigenvalue weighted by molar-refractivity contribution is 6.04. The number of Topliss-reactive ketones (excluding diaryl/α,β-unsaturated/α-hetero) is 1. The van der Waals surface area contributed by atoms with Crippen molar-refractivity contribution in [2.75, 3.05) is 34.3 Å². The monoisotopic (exact) mass is 294 g/mol. The first-order valence-electron chi connectivity index (χ1n) is 7.58. The summed E-state index contributed by atoms with van der Waals surface area (Å²) in [5.74, 6) is 0.677. The topological polar surface area (TPSA) is 59.4 Å². The Balaban J connectivity index is 2.32. The lowest BCUT2D eigenvalue weighted by molar-refractivity contribution is 0.0848. The van der Waals surface area contributed by atoms with Crippen molar-refractivity contribution < 1.29 is 9.53 Å². The summed E-state index contributed by atoms with van der Waals surface area (Å²) in [4.78, 5) is 15.2. The number of hydrogen-bond donors (Lipinski definition) is 1. The molecule has 6 nitrogen and oxygen atoms in total. The summed E-state index contributed by atoms with van der Waals surface area (Å²) in [6.07, 6.45) is 4.34. The van der Waals surface area contributed by atoms with Crippen LogP contribution in [-0.4, -0.2) is 60.3 Å². The molecule has 1 aliphatic rings. The number of nitrogens with one attached hydrogen (secondary N) is 1. The van der Waals surface area contributed by atoms with Crippen LogP contribution in [0.2, 0.25) is 0 Å². The van der Waals surface area contributed by atoms with Crippen molar-refractivity contribution >= 4 is 5.78 Å². The van der Waals surface area contributed by atoms with E-state index in [9.17, 15) is 4.79 Å². The number of carbonyl (C=O) groups excluding carboxylic acids is 1. The summed E-state index contributed by atoms with van der Waals surface area (Å²) >= 11 is 0. The molecule has 1 aliphatic heterocycles. The van der Waals surface area contributed by atoms with Crippen molar-refractivity contribution in [3.05, 3.63) is 11.9 Å². The van der Waals surface area contributed by atoms with E-state index in [2.05, 4.69) is 22.2 Å². The Hall–Kier alpha value is -1.40. The average molecular weight is 294 g/mol. The molecule has 1 saturated heterocycles. The fourth-order valence-corrected chi connectivity index (χ4v) is 2.90. The Bertz CT molecular complexity index is 490. The minimum atomic E-state index is -0.455. The van der Waals surface area contributed by atoms with Gasteiger partial charge in [0.1, 0.15) is 5.69 Å². The third-order valence-corrected chi connectivity index (χ3v) is 4.28. The molecule has 2 rings (SSSR count). The highest BCUT2D eigenvalue weighted by Gasteiger charge is 2.42. The van der Waals surface area contributed by atoms with Crippen molar-refractivity contribution in [3.63, 3.8) is 0 Å². The second-order valence-corrected chi connectivity index (χ2v) is 5.88. The van der Waals surface area contributed by atoms with Crippen LogP contribution in [0.4, 0.5) is 0 Å². The first kappa shape index (κ1) is 16.0. The maximum absolute atomic E-state index is 13.1. The third-order valence-electron chi connectivity index (χ3n) is 4.28. The summed E-state index contributed by atoms with van der Waals surface area (Å²) in [5, 5.41) is 7.73. The summed E-state index contributed by atoms with van der Waals surface area (Å²) < 4.78 is 7.13. The molecular weight excluding hydrogens is 268 g/mol. The predicted molar refractivity (Wildman–Crippen MR) is 81.9 cm³/mol. The molecule has 0 aliphatic carbocycles. The Labute approximate surface area is 126 Å². The summed E-state index contributed by atoms with van der Waals surface area (Å²) in [6, 6.07) is 0. The van der Waals surface area contributed by atoms with E-state index < -0.39 is 5.54 Å². The molecule has 118 valence electrons. The van der Waals surface area contributed by atoms with Gasteiger partial charge in [-0.05, 0) is 39.9 Å². The highest BCUT2D eigenvalue weighted by Crippen LogP contribution is 2.31. The molecule has 0 amide bonds. The molecule has 1 aromatic heterocycles. The summed E-state index contributed by atoms with van der Waals surface area (Å²) in [6.45, 7) is 4.46. The molecule has 0 bridgehead atoms. The average Bonchev–Trinajstić information content (AvgIpc) is 3.11. The number of methoxy groups -OCH3 is 1. The molecule has 1 N–H and O–H groups in total. The second-order valence-electron chi connectivity index (χ2n) is 5.88. The molecule has 0 spiro atoms. The lowest BCUT2D eigenvalue weighted by atomic mass is 9.87. The van der Waals surface area contributed by atoms with E-state index in [1.165, 1.54) is 0 Å². The lowest BCUT2D eigenvalue weighted by Crippen LogP contribution is -2.48. The normalized spacial score (nSPS) is 22.0. The first-order valence-corrected chi connectivity index (χ1v) is 7.58. The van der Waals surface area contributed by atoms with Crippen LogP contribution in [0.5, 0.6) is 5.75 Å². The SMILES string of the molecule is CCC1(C(=O)c2c(OC)cnn2CCN(C)C)CCCN1. The number of nitrogens with zero attached hydrogens (tertiary/aromatic N) is 3. The maximum atomic E-state index is 13.1. The van der Waals surface area contributed by atoms with Crippen LogP contribution < -0.4 is 10.1 Å². The van der Waals surface area contributed by atoms with Crippen molar-refractivity contribution in [2.24, 2.45) is 0 Å². The largest absolute Gasteiger partial charge is 0.493 e. The molecule has 1 fully saturated rings. The van der Waals surface area contributed by atoms with Gasteiger partial charge in [0.2, 0.25) is 5.78 Å².